The topological polar surface area (TPSA) is 73.8 Å². The molecule has 3 aromatic rings. The summed E-state index contributed by atoms with van der Waals surface area (Å²) < 4.78 is 29.2. The minimum absolute atomic E-state index is 0.211. The van der Waals surface area contributed by atoms with Gasteiger partial charge < -0.3 is 4.90 Å². The number of carbonyl (C=O) groups excluding carboxylic acids is 1. The molecule has 1 unspecified atom stereocenters. The highest BCUT2D eigenvalue weighted by Crippen LogP contribution is 2.35. The minimum Gasteiger partial charge on any atom is -0.308 e. The predicted octanol–water partition coefficient (Wildman–Crippen LogP) is 4.31. The van der Waals surface area contributed by atoms with Gasteiger partial charge in [-0.15, -0.1) is 0 Å². The fourth-order valence-corrected chi connectivity index (χ4v) is 6.96. The zero-order chi connectivity index (χ0) is 24.6. The number of benzene rings is 2. The van der Waals surface area contributed by atoms with Crippen molar-refractivity contribution in [2.75, 3.05) is 38.6 Å². The van der Waals surface area contributed by atoms with Gasteiger partial charge in [-0.2, -0.15) is 4.31 Å². The lowest BCUT2D eigenvalue weighted by atomic mass is 10.2. The summed E-state index contributed by atoms with van der Waals surface area (Å²) in [6.07, 6.45) is 1.12. The lowest BCUT2D eigenvalue weighted by molar-refractivity contribution is -0.121. The van der Waals surface area contributed by atoms with Crippen LogP contribution < -0.4 is 4.90 Å². The normalized spacial score (nSPS) is 17.1. The fraction of sp³-hybridized carbons (Fsp3) is 0.417. The number of hydrogen-bond donors (Lipinski definition) is 0. The van der Waals surface area contributed by atoms with Crippen molar-refractivity contribution in [3.63, 3.8) is 0 Å². The predicted molar refractivity (Wildman–Crippen MR) is 138 cm³/mol. The maximum Gasteiger partial charge on any atom is 0.247 e. The summed E-state index contributed by atoms with van der Waals surface area (Å²) in [5.74, 6) is -0.238. The molecule has 1 aromatic heterocycles. The molecule has 2 aromatic carbocycles. The maximum absolute atomic E-state index is 13.9. The Morgan fingerprint density at radius 1 is 1.15 bits per heavy atom. The maximum atomic E-state index is 13.9. The number of thiazole rings is 1. The van der Waals surface area contributed by atoms with E-state index in [0.29, 0.717) is 42.6 Å². The number of halogens is 1. The summed E-state index contributed by atoms with van der Waals surface area (Å²) in [7, 11) is 0.0856. The summed E-state index contributed by atoms with van der Waals surface area (Å²) in [5, 5.41) is 1.19. The summed E-state index contributed by atoms with van der Waals surface area (Å²) >= 11 is 7.71. The van der Waals surface area contributed by atoms with Gasteiger partial charge in [0.15, 0.2) is 5.13 Å². The molecule has 7 nitrogen and oxygen atoms in total. The van der Waals surface area contributed by atoms with Gasteiger partial charge in [0.2, 0.25) is 15.9 Å². The van der Waals surface area contributed by atoms with Crippen molar-refractivity contribution in [3.8, 4) is 0 Å². The van der Waals surface area contributed by atoms with E-state index in [2.05, 4.69) is 0 Å². The molecule has 0 saturated carbocycles. The summed E-state index contributed by atoms with van der Waals surface area (Å²) in [6, 6.07) is 9.74. The van der Waals surface area contributed by atoms with Gasteiger partial charge in [0.05, 0.1) is 15.1 Å². The number of likely N-dealkylation sites (N-methyl/N-ethyl adjacent to an activating group) is 1. The molecule has 2 heterocycles. The number of nitrogens with zero attached hydrogens (tertiary/aromatic N) is 4. The number of amides is 1. The van der Waals surface area contributed by atoms with Crippen LogP contribution in [-0.2, 0) is 14.8 Å². The largest absolute Gasteiger partial charge is 0.308 e. The highest BCUT2D eigenvalue weighted by Gasteiger charge is 2.42. The van der Waals surface area contributed by atoms with Gasteiger partial charge in [-0.3, -0.25) is 9.69 Å². The van der Waals surface area contributed by atoms with Crippen molar-refractivity contribution in [1.29, 1.82) is 0 Å². The summed E-state index contributed by atoms with van der Waals surface area (Å²) in [6.45, 7) is 5.18. The molecule has 0 radical (unpaired) electrons. The van der Waals surface area contributed by atoms with E-state index in [0.717, 1.165) is 21.3 Å². The number of aryl methyl sites for hydroxylation is 2. The molecule has 1 atom stereocenters. The molecule has 182 valence electrons. The lowest BCUT2D eigenvalue weighted by Crippen LogP contribution is -2.49. The average molecular weight is 521 g/mol. The highest BCUT2D eigenvalue weighted by atomic mass is 35.5. The highest BCUT2D eigenvalue weighted by molar-refractivity contribution is 7.89. The van der Waals surface area contributed by atoms with E-state index in [1.165, 1.54) is 15.6 Å². The smallest absolute Gasteiger partial charge is 0.247 e. The lowest BCUT2D eigenvalue weighted by Gasteiger charge is -2.29. The second-order valence-electron chi connectivity index (χ2n) is 8.90. The molecule has 0 bridgehead atoms. The number of hydrogen-bond acceptors (Lipinski definition) is 6. The molecule has 1 aliphatic heterocycles. The van der Waals surface area contributed by atoms with Crippen LogP contribution in [0.25, 0.3) is 10.2 Å². The molecule has 4 rings (SSSR count). The van der Waals surface area contributed by atoms with Crippen LogP contribution >= 0.6 is 22.9 Å². The number of sulfonamides is 1. The molecule has 1 fully saturated rings. The Labute approximate surface area is 210 Å². The average Bonchev–Trinajstić information content (AvgIpc) is 3.45. The molecule has 1 saturated heterocycles. The van der Waals surface area contributed by atoms with Gasteiger partial charge in [-0.25, -0.2) is 13.4 Å². The van der Waals surface area contributed by atoms with Crippen LogP contribution in [0.1, 0.15) is 24.0 Å². The van der Waals surface area contributed by atoms with E-state index in [1.54, 1.807) is 29.2 Å². The third-order valence-corrected chi connectivity index (χ3v) is 9.50. The Kier molecular flexibility index (Phi) is 7.30. The second-order valence-corrected chi connectivity index (χ2v) is 12.2. The number of anilines is 1. The number of carbonyl (C=O) groups is 1. The van der Waals surface area contributed by atoms with Crippen LogP contribution in [0.2, 0.25) is 5.02 Å². The van der Waals surface area contributed by atoms with E-state index in [-0.39, 0.29) is 10.8 Å². The molecule has 1 amide bonds. The SMILES string of the molecule is Cc1ccc(S(=O)(=O)N2CCCC2C(=O)N(CCN(C)C)c2nc3c(C)c(Cl)ccc3s2)cc1. The second kappa shape index (κ2) is 9.91. The summed E-state index contributed by atoms with van der Waals surface area (Å²) in [5.41, 5.74) is 2.62. The van der Waals surface area contributed by atoms with Gasteiger partial charge >= 0.3 is 0 Å². The molecule has 0 aliphatic carbocycles. The van der Waals surface area contributed by atoms with Crippen LogP contribution in [0.5, 0.6) is 0 Å². The van der Waals surface area contributed by atoms with Crippen LogP contribution in [0.15, 0.2) is 41.3 Å². The molecular formula is C24H29ClN4O3S2. The van der Waals surface area contributed by atoms with Crippen molar-refractivity contribution >= 4 is 54.2 Å². The van der Waals surface area contributed by atoms with Crippen LogP contribution in [0, 0.1) is 13.8 Å². The van der Waals surface area contributed by atoms with Crippen molar-refractivity contribution in [2.24, 2.45) is 0 Å². The fourth-order valence-electron chi connectivity index (χ4n) is 4.10. The van der Waals surface area contributed by atoms with E-state index in [9.17, 15) is 13.2 Å². The number of rotatable bonds is 7. The Morgan fingerprint density at radius 2 is 1.85 bits per heavy atom. The van der Waals surface area contributed by atoms with Crippen molar-refractivity contribution in [3.05, 3.63) is 52.5 Å². The van der Waals surface area contributed by atoms with Gasteiger partial charge in [0.1, 0.15) is 6.04 Å². The Hall–Kier alpha value is -2.04. The molecule has 0 N–H and O–H groups in total. The molecule has 0 spiro atoms. The molecular weight excluding hydrogens is 492 g/mol. The molecule has 10 heteroatoms. The zero-order valence-corrected chi connectivity index (χ0v) is 22.2. The van der Waals surface area contributed by atoms with Crippen molar-refractivity contribution < 1.29 is 13.2 Å². The van der Waals surface area contributed by atoms with Crippen LogP contribution in [-0.4, -0.2) is 68.3 Å². The van der Waals surface area contributed by atoms with Crippen molar-refractivity contribution in [2.45, 2.75) is 37.6 Å². The molecule has 1 aliphatic rings. The third kappa shape index (κ3) is 4.85. The first-order valence-electron chi connectivity index (χ1n) is 11.2. The minimum atomic E-state index is -3.79. The zero-order valence-electron chi connectivity index (χ0n) is 19.8. The van der Waals surface area contributed by atoms with Gasteiger partial charge in [0.25, 0.3) is 0 Å². The van der Waals surface area contributed by atoms with Crippen LogP contribution in [0.4, 0.5) is 5.13 Å². The van der Waals surface area contributed by atoms with E-state index >= 15 is 0 Å². The van der Waals surface area contributed by atoms with Crippen LogP contribution in [0.3, 0.4) is 0 Å². The number of aromatic nitrogens is 1. The Morgan fingerprint density at radius 3 is 2.53 bits per heavy atom. The van der Waals surface area contributed by atoms with Gasteiger partial charge in [-0.1, -0.05) is 40.6 Å². The first kappa shape index (κ1) is 25.1. The third-order valence-electron chi connectivity index (χ3n) is 6.12. The number of fused-ring (bicyclic) bond motifs is 1. The Balaban J connectivity index is 1.70. The monoisotopic (exact) mass is 520 g/mol. The van der Waals surface area contributed by atoms with E-state index in [1.807, 2.05) is 45.0 Å². The van der Waals surface area contributed by atoms with E-state index < -0.39 is 16.1 Å². The van der Waals surface area contributed by atoms with E-state index in [4.69, 9.17) is 16.6 Å². The van der Waals surface area contributed by atoms with Gasteiger partial charge in [-0.05, 0) is 70.6 Å². The first-order chi connectivity index (χ1) is 16.1. The summed E-state index contributed by atoms with van der Waals surface area (Å²) in [4.78, 5) is 22.5. The van der Waals surface area contributed by atoms with Crippen molar-refractivity contribution in [1.82, 2.24) is 14.2 Å². The first-order valence-corrected chi connectivity index (χ1v) is 13.8. The molecule has 34 heavy (non-hydrogen) atoms. The Bertz CT molecular complexity index is 1310. The standard InChI is InChI=1S/C24H29ClN4O3S2/c1-16-7-9-18(10-8-16)34(31,32)29-13-5-6-20(29)23(30)28(15-14-27(3)4)24-26-22-17(2)19(25)11-12-21(22)33-24/h7-12,20H,5-6,13-15H2,1-4H3. The van der Waals surface area contributed by atoms with Gasteiger partial charge in [0, 0.05) is 24.7 Å². The quantitative estimate of drug-likeness (QED) is 0.464.